The molecule has 0 aliphatic carbocycles. The third-order valence-corrected chi connectivity index (χ3v) is 4.88. The highest BCUT2D eigenvalue weighted by atomic mass is 19.1. The predicted molar refractivity (Wildman–Crippen MR) is 107 cm³/mol. The van der Waals surface area contributed by atoms with Gasteiger partial charge in [-0.3, -0.25) is 9.78 Å². The molecule has 1 aliphatic rings. The van der Waals surface area contributed by atoms with Gasteiger partial charge in [-0.1, -0.05) is 12.1 Å². The summed E-state index contributed by atoms with van der Waals surface area (Å²) in [6.07, 6.45) is 3.27. The number of carbonyl (C=O) groups excluding carboxylic acids is 1. The molecule has 30 heavy (non-hydrogen) atoms. The first-order valence-corrected chi connectivity index (χ1v) is 9.23. The summed E-state index contributed by atoms with van der Waals surface area (Å²) in [7, 11) is 0. The Morgan fingerprint density at radius 2 is 2.03 bits per heavy atom. The van der Waals surface area contributed by atoms with E-state index in [1.807, 2.05) is 0 Å². The number of amides is 1. The number of hydrogen-bond donors (Lipinski definition) is 1. The van der Waals surface area contributed by atoms with Crippen molar-refractivity contribution in [3.63, 3.8) is 0 Å². The van der Waals surface area contributed by atoms with Crippen molar-refractivity contribution in [3.8, 4) is 17.6 Å². The average Bonchev–Trinajstić information content (AvgIpc) is 3.02. The molecule has 148 valence electrons. The largest absolute Gasteiger partial charge is 0.493 e. The molecule has 5 rings (SSSR count). The fraction of sp³-hybridized carbons (Fsp3) is 0.0909. The molecule has 7 nitrogen and oxygen atoms in total. The second kappa shape index (κ2) is 7.07. The smallest absolute Gasteiger partial charge is 0.325 e. The van der Waals surface area contributed by atoms with E-state index in [4.69, 9.17) is 4.74 Å². The van der Waals surface area contributed by atoms with Crippen LogP contribution < -0.4 is 9.64 Å². The zero-order chi connectivity index (χ0) is 20.7. The van der Waals surface area contributed by atoms with Crippen molar-refractivity contribution in [2.75, 3.05) is 4.90 Å². The van der Waals surface area contributed by atoms with Crippen LogP contribution in [0.3, 0.4) is 0 Å². The van der Waals surface area contributed by atoms with Crippen LogP contribution in [-0.2, 0) is 17.8 Å². The maximum absolute atomic E-state index is 13.5. The van der Waals surface area contributed by atoms with Crippen molar-refractivity contribution < 1.29 is 19.0 Å². The minimum absolute atomic E-state index is 0.0195. The predicted octanol–water partition coefficient (Wildman–Crippen LogP) is 3.75. The zero-order valence-corrected chi connectivity index (χ0v) is 15.6. The van der Waals surface area contributed by atoms with Crippen LogP contribution in [-0.4, -0.2) is 26.0 Å². The molecule has 2 aromatic carbocycles. The first-order chi connectivity index (χ1) is 14.6. The number of ether oxygens (including phenoxy) is 1. The number of halogens is 1. The van der Waals surface area contributed by atoms with E-state index >= 15 is 0 Å². The van der Waals surface area contributed by atoms with Gasteiger partial charge in [0.15, 0.2) is 0 Å². The van der Waals surface area contributed by atoms with E-state index in [0.717, 1.165) is 11.3 Å². The van der Waals surface area contributed by atoms with Crippen LogP contribution in [0.5, 0.6) is 17.6 Å². The SMILES string of the molecule is O=C1Cc2cc(Oc3nc(O)c4ccncc4n3)ccc2N1Cc1cccc(F)c1. The van der Waals surface area contributed by atoms with E-state index in [-0.39, 0.29) is 30.0 Å². The Kier molecular flexibility index (Phi) is 4.24. The van der Waals surface area contributed by atoms with E-state index in [0.29, 0.717) is 28.8 Å². The van der Waals surface area contributed by atoms with Gasteiger partial charge >= 0.3 is 6.01 Å². The van der Waals surface area contributed by atoms with E-state index < -0.39 is 0 Å². The van der Waals surface area contributed by atoms with E-state index in [1.165, 1.54) is 18.3 Å². The van der Waals surface area contributed by atoms with Crippen LogP contribution in [0.2, 0.25) is 0 Å². The first kappa shape index (κ1) is 18.0. The summed E-state index contributed by atoms with van der Waals surface area (Å²) < 4.78 is 19.2. The molecule has 8 heteroatoms. The molecule has 2 aromatic heterocycles. The molecule has 1 amide bonds. The molecule has 1 N–H and O–H groups in total. The zero-order valence-electron chi connectivity index (χ0n) is 15.6. The van der Waals surface area contributed by atoms with Gasteiger partial charge in [0.05, 0.1) is 30.1 Å². The molecule has 1 aliphatic heterocycles. The van der Waals surface area contributed by atoms with Crippen LogP contribution >= 0.6 is 0 Å². The number of anilines is 1. The summed E-state index contributed by atoms with van der Waals surface area (Å²) in [5.41, 5.74) is 2.71. The van der Waals surface area contributed by atoms with Crippen LogP contribution in [0.1, 0.15) is 11.1 Å². The number of aromatic hydroxyl groups is 1. The Balaban J connectivity index is 1.41. The molecule has 0 atom stereocenters. The number of fused-ring (bicyclic) bond motifs is 2. The number of carbonyl (C=O) groups is 1. The lowest BCUT2D eigenvalue weighted by atomic mass is 10.1. The number of pyridine rings is 1. The van der Waals surface area contributed by atoms with Gasteiger partial charge < -0.3 is 14.7 Å². The van der Waals surface area contributed by atoms with Crippen molar-refractivity contribution in [1.82, 2.24) is 15.0 Å². The van der Waals surface area contributed by atoms with Gasteiger partial charge in [-0.25, -0.2) is 4.39 Å². The van der Waals surface area contributed by atoms with Gasteiger partial charge in [-0.15, -0.1) is 0 Å². The normalized spacial score (nSPS) is 13.0. The number of nitrogens with zero attached hydrogens (tertiary/aromatic N) is 4. The van der Waals surface area contributed by atoms with Crippen LogP contribution in [0.15, 0.2) is 60.9 Å². The van der Waals surface area contributed by atoms with E-state index in [2.05, 4.69) is 15.0 Å². The molecular formula is C22H15FN4O3. The molecule has 0 bridgehead atoms. The Hall–Kier alpha value is -4.07. The molecule has 0 saturated carbocycles. The van der Waals surface area contributed by atoms with Crippen LogP contribution in [0, 0.1) is 5.82 Å². The first-order valence-electron chi connectivity index (χ1n) is 9.23. The summed E-state index contributed by atoms with van der Waals surface area (Å²) in [5.74, 6) is -0.166. The van der Waals surface area contributed by atoms with E-state index in [9.17, 15) is 14.3 Å². The van der Waals surface area contributed by atoms with Crippen molar-refractivity contribution in [2.45, 2.75) is 13.0 Å². The maximum atomic E-state index is 13.5. The standard InChI is InChI=1S/C22H15FN4O3/c23-15-3-1-2-13(8-15)12-27-19-5-4-16(9-14(19)10-20(27)28)30-22-25-18-11-24-7-6-17(18)21(29)26-22/h1-9,11H,10,12H2,(H,25,26,29). The van der Waals surface area contributed by atoms with Crippen molar-refractivity contribution in [3.05, 3.63) is 77.9 Å². The molecule has 3 heterocycles. The van der Waals surface area contributed by atoms with Gasteiger partial charge in [-0.2, -0.15) is 9.97 Å². The molecule has 0 unspecified atom stereocenters. The summed E-state index contributed by atoms with van der Waals surface area (Å²) >= 11 is 0. The second-order valence-electron chi connectivity index (χ2n) is 6.90. The lowest BCUT2D eigenvalue weighted by Gasteiger charge is -2.18. The minimum atomic E-state index is -0.336. The van der Waals surface area contributed by atoms with Crippen LogP contribution in [0.25, 0.3) is 10.9 Å². The van der Waals surface area contributed by atoms with Crippen molar-refractivity contribution >= 4 is 22.5 Å². The number of aromatic nitrogens is 3. The highest BCUT2D eigenvalue weighted by Crippen LogP contribution is 2.34. The maximum Gasteiger partial charge on any atom is 0.325 e. The lowest BCUT2D eigenvalue weighted by Crippen LogP contribution is -2.25. The van der Waals surface area contributed by atoms with Gasteiger partial charge in [0.1, 0.15) is 11.6 Å². The topological polar surface area (TPSA) is 88.4 Å². The highest BCUT2D eigenvalue weighted by Gasteiger charge is 2.28. The van der Waals surface area contributed by atoms with Gasteiger partial charge in [0, 0.05) is 11.9 Å². The fourth-order valence-electron chi connectivity index (χ4n) is 3.51. The molecule has 0 radical (unpaired) electrons. The molecule has 0 spiro atoms. The highest BCUT2D eigenvalue weighted by molar-refractivity contribution is 6.01. The van der Waals surface area contributed by atoms with Gasteiger partial charge in [-0.05, 0) is 47.5 Å². The van der Waals surface area contributed by atoms with E-state index in [1.54, 1.807) is 47.5 Å². The van der Waals surface area contributed by atoms with Crippen LogP contribution in [0.4, 0.5) is 10.1 Å². The van der Waals surface area contributed by atoms with Crippen molar-refractivity contribution in [1.29, 1.82) is 0 Å². The fourth-order valence-corrected chi connectivity index (χ4v) is 3.51. The summed E-state index contributed by atoms with van der Waals surface area (Å²) in [6.45, 7) is 0.290. The second-order valence-corrected chi connectivity index (χ2v) is 6.90. The Morgan fingerprint density at radius 3 is 2.90 bits per heavy atom. The summed E-state index contributed by atoms with van der Waals surface area (Å²) in [5, 5.41) is 10.6. The third-order valence-electron chi connectivity index (χ3n) is 4.88. The van der Waals surface area contributed by atoms with Crippen molar-refractivity contribution in [2.24, 2.45) is 0 Å². The number of benzene rings is 2. The molecular weight excluding hydrogens is 387 g/mol. The molecule has 4 aromatic rings. The summed E-state index contributed by atoms with van der Waals surface area (Å²) in [4.78, 5) is 26.3. The quantitative estimate of drug-likeness (QED) is 0.559. The Bertz CT molecular complexity index is 1290. The summed E-state index contributed by atoms with van der Waals surface area (Å²) in [6, 6.07) is 13.0. The number of rotatable bonds is 4. The van der Waals surface area contributed by atoms with Gasteiger partial charge in [0.25, 0.3) is 0 Å². The average molecular weight is 402 g/mol. The monoisotopic (exact) mass is 402 g/mol. The minimum Gasteiger partial charge on any atom is -0.493 e. The molecule has 0 fully saturated rings. The number of hydrogen-bond acceptors (Lipinski definition) is 6. The Morgan fingerprint density at radius 1 is 1.13 bits per heavy atom. The Labute approximate surface area is 170 Å². The van der Waals surface area contributed by atoms with Gasteiger partial charge in [0.2, 0.25) is 11.8 Å². The lowest BCUT2D eigenvalue weighted by molar-refractivity contribution is -0.117. The molecule has 0 saturated heterocycles. The third kappa shape index (κ3) is 3.28.